The van der Waals surface area contributed by atoms with Crippen LogP contribution in [-0.4, -0.2) is 24.1 Å². The number of oxazole rings is 2. The van der Waals surface area contributed by atoms with Crippen LogP contribution >= 0.6 is 0 Å². The van der Waals surface area contributed by atoms with E-state index in [0.29, 0.717) is 51.0 Å². The van der Waals surface area contributed by atoms with Crippen LogP contribution in [0.5, 0.6) is 0 Å². The van der Waals surface area contributed by atoms with Gasteiger partial charge < -0.3 is 14.6 Å². The minimum absolute atomic E-state index is 0.0403. The fourth-order valence-electron chi connectivity index (χ4n) is 4.48. The van der Waals surface area contributed by atoms with E-state index < -0.39 is 5.69 Å². The second-order valence-electron chi connectivity index (χ2n) is 8.58. The molecule has 6 rings (SSSR count). The van der Waals surface area contributed by atoms with E-state index in [-0.39, 0.29) is 18.3 Å². The van der Waals surface area contributed by atoms with E-state index in [2.05, 4.69) is 20.1 Å². The first-order valence-corrected chi connectivity index (χ1v) is 11.2. The molecule has 3 N–H and O–H groups in total. The number of nitrogen functional groups attached to an aromatic ring is 1. The van der Waals surface area contributed by atoms with E-state index in [4.69, 9.17) is 14.6 Å². The number of rotatable bonds is 4. The third-order valence-corrected chi connectivity index (χ3v) is 6.15. The van der Waals surface area contributed by atoms with E-state index in [1.807, 2.05) is 19.1 Å². The quantitative estimate of drug-likeness (QED) is 0.404. The summed E-state index contributed by atoms with van der Waals surface area (Å²) in [6.07, 6.45) is 1.50. The van der Waals surface area contributed by atoms with Gasteiger partial charge in [0.2, 0.25) is 11.5 Å². The summed E-state index contributed by atoms with van der Waals surface area (Å²) in [7, 11) is 0. The van der Waals surface area contributed by atoms with Gasteiger partial charge in [0.25, 0.3) is 5.52 Å². The minimum atomic E-state index is -0.467. The summed E-state index contributed by atoms with van der Waals surface area (Å²) >= 11 is 0. The zero-order valence-electron chi connectivity index (χ0n) is 19.7. The molecule has 6 aromatic rings. The number of H-pyrrole nitrogens is 1. The average Bonchev–Trinajstić information content (AvgIpc) is 3.52. The zero-order valence-corrected chi connectivity index (χ0v) is 19.7. The molecule has 36 heavy (non-hydrogen) atoms. The lowest BCUT2D eigenvalue weighted by Gasteiger charge is -2.12. The Morgan fingerprint density at radius 3 is 2.58 bits per heavy atom. The van der Waals surface area contributed by atoms with Crippen molar-refractivity contribution in [3.8, 4) is 22.4 Å². The molecule has 4 heterocycles. The van der Waals surface area contributed by atoms with E-state index in [1.165, 1.54) is 27.6 Å². The Morgan fingerprint density at radius 2 is 1.86 bits per heavy atom. The molecule has 0 bridgehead atoms. The zero-order chi connectivity index (χ0) is 25.1. The fourth-order valence-corrected chi connectivity index (χ4v) is 4.48. The summed E-state index contributed by atoms with van der Waals surface area (Å²) in [5.74, 6) is 0.682. The van der Waals surface area contributed by atoms with E-state index in [9.17, 15) is 9.18 Å². The number of hydrogen-bond donors (Lipinski definition) is 1. The van der Waals surface area contributed by atoms with Crippen LogP contribution in [0.15, 0.2) is 56.4 Å². The van der Waals surface area contributed by atoms with Crippen LogP contribution in [0.1, 0.15) is 22.9 Å². The summed E-state index contributed by atoms with van der Waals surface area (Å²) in [6.45, 7) is 5.56. The summed E-state index contributed by atoms with van der Waals surface area (Å²) in [5.41, 5.74) is 11.5. The van der Waals surface area contributed by atoms with Crippen molar-refractivity contribution in [1.29, 1.82) is 0 Å². The van der Waals surface area contributed by atoms with E-state index in [0.717, 1.165) is 11.1 Å². The molecule has 2 aromatic carbocycles. The maximum absolute atomic E-state index is 13.7. The lowest BCUT2D eigenvalue weighted by atomic mass is 9.98. The number of fused-ring (bicyclic) bond motifs is 2. The monoisotopic (exact) mass is 486 g/mol. The lowest BCUT2D eigenvalue weighted by Crippen LogP contribution is -2.24. The smallest absolute Gasteiger partial charge is 0.353 e. The van der Waals surface area contributed by atoms with Gasteiger partial charge in [-0.15, -0.1) is 5.10 Å². The number of aromatic amines is 1. The van der Waals surface area contributed by atoms with Crippen LogP contribution in [-0.2, 0) is 6.54 Å². The molecular weight excluding hydrogens is 465 g/mol. The Morgan fingerprint density at radius 1 is 1.08 bits per heavy atom. The lowest BCUT2D eigenvalue weighted by molar-refractivity contribution is -0.354. The van der Waals surface area contributed by atoms with E-state index >= 15 is 0 Å². The predicted octanol–water partition coefficient (Wildman–Crippen LogP) is 3.47. The number of aromatic nitrogens is 6. The second-order valence-corrected chi connectivity index (χ2v) is 8.58. The van der Waals surface area contributed by atoms with Crippen molar-refractivity contribution in [3.63, 3.8) is 0 Å². The number of nitrogens with two attached hydrogens (primary N) is 1. The van der Waals surface area contributed by atoms with Gasteiger partial charge in [-0.05, 0) is 55.8 Å². The van der Waals surface area contributed by atoms with Crippen LogP contribution < -0.4 is 16.4 Å². The summed E-state index contributed by atoms with van der Waals surface area (Å²) in [6, 6.07) is 9.70. The minimum Gasteiger partial charge on any atom is -0.446 e. The second kappa shape index (κ2) is 7.87. The van der Waals surface area contributed by atoms with Gasteiger partial charge in [0, 0.05) is 18.1 Å². The van der Waals surface area contributed by atoms with Gasteiger partial charge in [0.05, 0.1) is 17.8 Å². The molecule has 0 saturated carbocycles. The summed E-state index contributed by atoms with van der Waals surface area (Å²) < 4.78 is 27.4. The largest absolute Gasteiger partial charge is 0.446 e. The molecule has 0 atom stereocenters. The third kappa shape index (κ3) is 3.35. The number of hydrogen-bond acceptors (Lipinski definition) is 7. The van der Waals surface area contributed by atoms with Crippen LogP contribution in [0.3, 0.4) is 0 Å². The van der Waals surface area contributed by atoms with Crippen molar-refractivity contribution in [3.05, 3.63) is 82.0 Å². The van der Waals surface area contributed by atoms with Crippen LogP contribution in [0, 0.1) is 26.6 Å². The fraction of sp³-hybridized carbons (Fsp3) is 0.160. The molecule has 0 saturated heterocycles. The van der Waals surface area contributed by atoms with Gasteiger partial charge >= 0.3 is 12.1 Å². The molecule has 0 amide bonds. The molecule has 0 aliphatic rings. The Kier molecular flexibility index (Phi) is 4.75. The first kappa shape index (κ1) is 21.7. The highest BCUT2D eigenvalue weighted by Gasteiger charge is 2.24. The molecule has 0 unspecified atom stereocenters. The molecule has 0 radical (unpaired) electrons. The number of benzene rings is 2. The van der Waals surface area contributed by atoms with E-state index in [1.54, 1.807) is 26.0 Å². The van der Waals surface area contributed by atoms with Crippen molar-refractivity contribution in [2.45, 2.75) is 27.3 Å². The van der Waals surface area contributed by atoms with Gasteiger partial charge in [-0.25, -0.2) is 28.2 Å². The highest BCUT2D eigenvalue weighted by molar-refractivity contribution is 5.93. The first-order chi connectivity index (χ1) is 17.3. The van der Waals surface area contributed by atoms with Crippen molar-refractivity contribution >= 4 is 22.7 Å². The van der Waals surface area contributed by atoms with Crippen LogP contribution in [0.2, 0.25) is 0 Å². The molecule has 4 aromatic heterocycles. The number of nitrogens with one attached hydrogen (secondary N) is 1. The number of anilines is 1. The normalized spacial score (nSPS) is 11.7. The maximum atomic E-state index is 13.7. The Bertz CT molecular complexity index is 1840. The summed E-state index contributed by atoms with van der Waals surface area (Å²) in [4.78, 5) is 25.4. The number of nitrogens with zero attached hydrogens (tertiary/aromatic N) is 5. The van der Waals surface area contributed by atoms with Gasteiger partial charge in [-0.1, -0.05) is 0 Å². The predicted molar refractivity (Wildman–Crippen MR) is 129 cm³/mol. The summed E-state index contributed by atoms with van der Waals surface area (Å²) in [5, 5.41) is 4.65. The Balaban J connectivity index is 1.67. The molecule has 0 aliphatic carbocycles. The number of aryl methyl sites for hydroxylation is 3. The number of halogens is 1. The highest BCUT2D eigenvalue weighted by Crippen LogP contribution is 2.36. The molecule has 180 valence electrons. The highest BCUT2D eigenvalue weighted by atomic mass is 19.1. The SMILES string of the molecule is Cc1nc(Cn2nc3c(-c4cc(C)c5[nH+]coc5c4)c(-c4ccc(F)cc4)nc(N)n3c2=O)c(C)o1. The molecular formula is C25H21FN7O3+. The Labute approximate surface area is 202 Å². The molecule has 0 spiro atoms. The molecule has 0 fully saturated rings. The Hall–Kier alpha value is -4.80. The van der Waals surface area contributed by atoms with Crippen molar-refractivity contribution in [2.24, 2.45) is 0 Å². The van der Waals surface area contributed by atoms with Crippen LogP contribution in [0.25, 0.3) is 39.1 Å². The van der Waals surface area contributed by atoms with Gasteiger partial charge in [-0.3, -0.25) is 0 Å². The van der Waals surface area contributed by atoms with Gasteiger partial charge in [0.15, 0.2) is 11.5 Å². The topological polar surface area (TPSA) is 132 Å². The molecule has 10 nitrogen and oxygen atoms in total. The van der Waals surface area contributed by atoms with Crippen molar-refractivity contribution < 1.29 is 18.2 Å². The van der Waals surface area contributed by atoms with Gasteiger partial charge in [0.1, 0.15) is 17.3 Å². The van der Waals surface area contributed by atoms with Crippen molar-refractivity contribution in [1.82, 2.24) is 24.1 Å². The first-order valence-electron chi connectivity index (χ1n) is 11.2. The third-order valence-electron chi connectivity index (χ3n) is 6.15. The molecule has 0 aliphatic heterocycles. The van der Waals surface area contributed by atoms with Crippen LogP contribution in [0.4, 0.5) is 10.3 Å². The maximum Gasteiger partial charge on any atom is 0.353 e. The van der Waals surface area contributed by atoms with Crippen molar-refractivity contribution in [2.75, 3.05) is 5.73 Å². The molecule has 11 heteroatoms. The average molecular weight is 486 g/mol. The van der Waals surface area contributed by atoms with Gasteiger partial charge in [-0.2, -0.15) is 4.98 Å². The standard InChI is InChI=1S/C25H20FN7O3/c1-12-8-16(9-19-21(12)28-11-35-19)20-22(15-4-6-17(26)7-5-15)30-24(27)33-23(20)31-32(25(33)34)10-18-13(2)36-14(3)29-18/h4-9,11H,10H2,1-3H3,(H2,27,30)/p+1.